The molecule has 0 fully saturated rings. The second-order valence-corrected chi connectivity index (χ2v) is 6.25. The summed E-state index contributed by atoms with van der Waals surface area (Å²) in [7, 11) is 1.58. The van der Waals surface area contributed by atoms with E-state index in [2.05, 4.69) is 10.3 Å². The van der Waals surface area contributed by atoms with E-state index < -0.39 is 11.5 Å². The first-order valence-corrected chi connectivity index (χ1v) is 8.01. The number of pyridine rings is 1. The lowest BCUT2D eigenvalue weighted by molar-refractivity contribution is 0.0644. The number of rotatable bonds is 5. The number of nitrogens with one attached hydrogen (secondary N) is 2. The molecule has 0 aliphatic heterocycles. The first-order valence-electron chi connectivity index (χ1n) is 7.63. The van der Waals surface area contributed by atoms with Gasteiger partial charge in [0.1, 0.15) is 11.7 Å². The highest BCUT2D eigenvalue weighted by Crippen LogP contribution is 2.22. The first kappa shape index (κ1) is 18.2. The zero-order valence-electron chi connectivity index (χ0n) is 14.1. The Labute approximate surface area is 146 Å². The van der Waals surface area contributed by atoms with E-state index in [1.807, 2.05) is 19.1 Å². The minimum Gasteiger partial charge on any atom is -0.375 e. The van der Waals surface area contributed by atoms with Gasteiger partial charge in [0.2, 0.25) is 0 Å². The largest absolute Gasteiger partial charge is 0.375 e. The average molecular weight is 349 g/mol. The average Bonchev–Trinajstić information content (AvgIpc) is 2.48. The lowest BCUT2D eigenvalue weighted by Gasteiger charge is -2.24. The highest BCUT2D eigenvalue weighted by Gasteiger charge is 2.23. The maximum absolute atomic E-state index is 12.5. The third kappa shape index (κ3) is 4.04. The number of aryl methyl sites for hydroxylation is 2. The van der Waals surface area contributed by atoms with Crippen LogP contribution < -0.4 is 10.9 Å². The highest BCUT2D eigenvalue weighted by molar-refractivity contribution is 6.30. The zero-order chi connectivity index (χ0) is 17.9. The van der Waals surface area contributed by atoms with Crippen molar-refractivity contribution in [1.82, 2.24) is 10.3 Å². The van der Waals surface area contributed by atoms with Crippen molar-refractivity contribution in [3.05, 3.63) is 68.1 Å². The van der Waals surface area contributed by atoms with Crippen LogP contribution in [0.2, 0.25) is 5.02 Å². The van der Waals surface area contributed by atoms with Gasteiger partial charge in [0.05, 0.1) is 6.04 Å². The molecule has 0 saturated carbocycles. The number of H-pyrrole nitrogens is 1. The van der Waals surface area contributed by atoms with Crippen molar-refractivity contribution >= 4 is 17.5 Å². The summed E-state index contributed by atoms with van der Waals surface area (Å²) in [6.45, 7) is 5.35. The van der Waals surface area contributed by atoms with Crippen molar-refractivity contribution in [1.29, 1.82) is 0 Å². The van der Waals surface area contributed by atoms with E-state index in [1.54, 1.807) is 39.2 Å². The predicted molar refractivity (Wildman–Crippen MR) is 94.7 cm³/mol. The Morgan fingerprint density at radius 3 is 2.42 bits per heavy atom. The molecule has 0 aliphatic rings. The summed E-state index contributed by atoms with van der Waals surface area (Å²) in [6.07, 6.45) is -0.351. The molecule has 0 bridgehead atoms. The topological polar surface area (TPSA) is 71.2 Å². The lowest BCUT2D eigenvalue weighted by atomic mass is 10.0. The summed E-state index contributed by atoms with van der Waals surface area (Å²) in [5.41, 5.74) is 1.99. The molecule has 24 heavy (non-hydrogen) atoms. The quantitative estimate of drug-likeness (QED) is 0.871. The number of carbonyl (C=O) groups excluding carboxylic acids is 1. The van der Waals surface area contributed by atoms with Gasteiger partial charge in [-0.05, 0) is 50.1 Å². The van der Waals surface area contributed by atoms with Gasteiger partial charge in [-0.2, -0.15) is 0 Å². The number of carbonyl (C=O) groups is 1. The summed E-state index contributed by atoms with van der Waals surface area (Å²) in [4.78, 5) is 27.2. The van der Waals surface area contributed by atoms with Crippen LogP contribution in [0.25, 0.3) is 0 Å². The van der Waals surface area contributed by atoms with E-state index >= 15 is 0 Å². The Bertz CT molecular complexity index is 784. The molecule has 5 nitrogen and oxygen atoms in total. The Morgan fingerprint density at radius 1 is 1.25 bits per heavy atom. The summed E-state index contributed by atoms with van der Waals surface area (Å²) in [5, 5.41) is 3.48. The van der Waals surface area contributed by atoms with E-state index in [0.29, 0.717) is 10.6 Å². The minimum atomic E-state index is -0.419. The number of aromatic amines is 1. The number of aromatic nitrogens is 1. The number of halogens is 1. The van der Waals surface area contributed by atoms with Crippen molar-refractivity contribution in [2.75, 3.05) is 7.11 Å². The van der Waals surface area contributed by atoms with Gasteiger partial charge >= 0.3 is 0 Å². The van der Waals surface area contributed by atoms with Crippen molar-refractivity contribution in [3.8, 4) is 0 Å². The van der Waals surface area contributed by atoms with Gasteiger partial charge in [0.25, 0.3) is 11.5 Å². The Morgan fingerprint density at radius 2 is 1.88 bits per heavy atom. The highest BCUT2D eigenvalue weighted by atomic mass is 35.5. The summed E-state index contributed by atoms with van der Waals surface area (Å²) in [6, 6.07) is 8.68. The van der Waals surface area contributed by atoms with Crippen LogP contribution in [0.1, 0.15) is 40.2 Å². The van der Waals surface area contributed by atoms with E-state index in [4.69, 9.17) is 16.3 Å². The molecule has 2 rings (SSSR count). The van der Waals surface area contributed by atoms with Gasteiger partial charge < -0.3 is 15.0 Å². The van der Waals surface area contributed by atoms with Crippen LogP contribution in [0.4, 0.5) is 0 Å². The fraction of sp³-hybridized carbons (Fsp3) is 0.333. The molecular formula is C18H21ClN2O3. The van der Waals surface area contributed by atoms with Crippen molar-refractivity contribution in [2.45, 2.75) is 32.9 Å². The molecule has 1 aromatic heterocycles. The van der Waals surface area contributed by atoms with Crippen molar-refractivity contribution < 1.29 is 9.53 Å². The monoisotopic (exact) mass is 348 g/mol. The van der Waals surface area contributed by atoms with Crippen LogP contribution in [0, 0.1) is 13.8 Å². The van der Waals surface area contributed by atoms with Crippen molar-refractivity contribution in [2.24, 2.45) is 0 Å². The van der Waals surface area contributed by atoms with Gasteiger partial charge in [-0.25, -0.2) is 0 Å². The molecule has 1 amide bonds. The smallest absolute Gasteiger partial charge is 0.261 e. The second kappa shape index (κ2) is 7.64. The standard InChI is InChI=1S/C18H21ClN2O3/c1-10-9-11(2)20-17(22)15(10)18(23)21-12(3)16(24-4)13-5-7-14(19)8-6-13/h5-9,12,16H,1-4H3,(H,20,22)(H,21,23)/t12-,16+/m0/s1. The molecule has 2 aromatic rings. The molecule has 1 heterocycles. The first-order chi connectivity index (χ1) is 11.3. The molecule has 0 spiro atoms. The molecule has 6 heteroatoms. The molecular weight excluding hydrogens is 328 g/mol. The minimum absolute atomic E-state index is 0.124. The SMILES string of the molecule is CO[C@@H](c1ccc(Cl)cc1)[C@H](C)NC(=O)c1c(C)cc(C)[nH]c1=O. The van der Waals surface area contributed by atoms with E-state index in [-0.39, 0.29) is 17.7 Å². The van der Waals surface area contributed by atoms with E-state index in [9.17, 15) is 9.59 Å². The van der Waals surface area contributed by atoms with Crippen LogP contribution in [0.15, 0.2) is 35.1 Å². The van der Waals surface area contributed by atoms with Crippen molar-refractivity contribution in [3.63, 3.8) is 0 Å². The van der Waals surface area contributed by atoms with Crippen LogP contribution >= 0.6 is 11.6 Å². The van der Waals surface area contributed by atoms with Crippen LogP contribution in [0.3, 0.4) is 0 Å². The number of hydrogen-bond acceptors (Lipinski definition) is 3. The number of ether oxygens (including phenoxy) is 1. The number of methoxy groups -OCH3 is 1. The van der Waals surface area contributed by atoms with Crippen LogP contribution in [0.5, 0.6) is 0 Å². The molecule has 0 aliphatic carbocycles. The maximum Gasteiger partial charge on any atom is 0.261 e. The third-order valence-corrected chi connectivity index (χ3v) is 4.11. The maximum atomic E-state index is 12.5. The Kier molecular flexibility index (Phi) is 5.80. The number of amides is 1. The van der Waals surface area contributed by atoms with Gasteiger partial charge in [-0.3, -0.25) is 9.59 Å². The molecule has 0 unspecified atom stereocenters. The summed E-state index contributed by atoms with van der Waals surface area (Å²) < 4.78 is 5.51. The summed E-state index contributed by atoms with van der Waals surface area (Å²) in [5.74, 6) is -0.419. The molecule has 0 radical (unpaired) electrons. The van der Waals surface area contributed by atoms with Crippen LogP contribution in [-0.4, -0.2) is 24.0 Å². The zero-order valence-corrected chi connectivity index (χ0v) is 14.9. The van der Waals surface area contributed by atoms with E-state index in [0.717, 1.165) is 11.3 Å². The van der Waals surface area contributed by atoms with Crippen LogP contribution in [-0.2, 0) is 4.74 Å². The van der Waals surface area contributed by atoms with E-state index in [1.165, 1.54) is 0 Å². The number of hydrogen-bond donors (Lipinski definition) is 2. The lowest BCUT2D eigenvalue weighted by Crippen LogP contribution is -2.40. The predicted octanol–water partition coefficient (Wildman–Crippen LogP) is 3.15. The Hall–Kier alpha value is -2.11. The fourth-order valence-corrected chi connectivity index (χ4v) is 2.90. The third-order valence-electron chi connectivity index (χ3n) is 3.86. The Balaban J connectivity index is 2.21. The normalized spacial score (nSPS) is 13.4. The number of benzene rings is 1. The molecule has 0 saturated heterocycles. The second-order valence-electron chi connectivity index (χ2n) is 5.81. The molecule has 2 atom stereocenters. The molecule has 2 N–H and O–H groups in total. The van der Waals surface area contributed by atoms with Gasteiger partial charge in [-0.1, -0.05) is 23.7 Å². The summed E-state index contributed by atoms with van der Waals surface area (Å²) >= 11 is 5.90. The van der Waals surface area contributed by atoms with Gasteiger partial charge in [0, 0.05) is 17.8 Å². The molecule has 1 aromatic carbocycles. The molecule has 128 valence electrons. The fourth-order valence-electron chi connectivity index (χ4n) is 2.77. The van der Waals surface area contributed by atoms with Gasteiger partial charge in [-0.15, -0.1) is 0 Å². The van der Waals surface area contributed by atoms with Gasteiger partial charge in [0.15, 0.2) is 0 Å².